The summed E-state index contributed by atoms with van der Waals surface area (Å²) in [6.07, 6.45) is 0. The van der Waals surface area contributed by atoms with Gasteiger partial charge in [-0.25, -0.2) is 4.98 Å². The van der Waals surface area contributed by atoms with E-state index in [4.69, 9.17) is 4.74 Å². The predicted molar refractivity (Wildman–Crippen MR) is 100 cm³/mol. The van der Waals surface area contributed by atoms with Crippen LogP contribution in [0.5, 0.6) is 5.75 Å². The Bertz CT molecular complexity index is 800. The Hall–Kier alpha value is -2.05. The van der Waals surface area contributed by atoms with Gasteiger partial charge in [-0.1, -0.05) is 42.1 Å². The molecule has 0 radical (unpaired) electrons. The molecule has 0 unspecified atom stereocenters. The van der Waals surface area contributed by atoms with Gasteiger partial charge in [0.25, 0.3) is 5.91 Å². The van der Waals surface area contributed by atoms with Gasteiger partial charge in [-0.15, -0.1) is 11.3 Å². The van der Waals surface area contributed by atoms with Crippen molar-refractivity contribution in [2.75, 3.05) is 18.9 Å². The van der Waals surface area contributed by atoms with E-state index in [2.05, 4.69) is 16.4 Å². The third-order valence-electron chi connectivity index (χ3n) is 3.38. The van der Waals surface area contributed by atoms with Crippen molar-refractivity contribution in [3.05, 3.63) is 54.1 Å². The molecule has 4 nitrogen and oxygen atoms in total. The fourth-order valence-corrected chi connectivity index (χ4v) is 4.15. The molecule has 0 bridgehead atoms. The van der Waals surface area contributed by atoms with E-state index in [9.17, 15) is 4.79 Å². The number of ether oxygens (including phenoxy) is 1. The Kier molecular flexibility index (Phi) is 5.72. The van der Waals surface area contributed by atoms with Crippen LogP contribution < -0.4 is 10.1 Å². The molecule has 0 saturated heterocycles. The molecule has 3 rings (SSSR count). The summed E-state index contributed by atoms with van der Waals surface area (Å²) in [7, 11) is 0. The van der Waals surface area contributed by atoms with Gasteiger partial charge in [-0.2, -0.15) is 0 Å². The number of aryl methyl sites for hydroxylation is 1. The zero-order valence-corrected chi connectivity index (χ0v) is 15.0. The van der Waals surface area contributed by atoms with E-state index in [1.54, 1.807) is 23.1 Å². The second-order valence-electron chi connectivity index (χ2n) is 5.20. The van der Waals surface area contributed by atoms with Gasteiger partial charge in [-0.3, -0.25) is 4.79 Å². The minimum absolute atomic E-state index is 0.0384. The molecule has 1 N–H and O–H groups in total. The number of amides is 1. The number of hydrogen-bond donors (Lipinski definition) is 1. The lowest BCUT2D eigenvalue weighted by molar-refractivity contribution is -0.122. The van der Waals surface area contributed by atoms with Crippen LogP contribution in [0.3, 0.4) is 0 Å². The summed E-state index contributed by atoms with van der Waals surface area (Å²) in [5.41, 5.74) is 2.05. The van der Waals surface area contributed by atoms with Crippen molar-refractivity contribution in [2.45, 2.75) is 11.3 Å². The number of rotatable bonds is 7. The van der Waals surface area contributed by atoms with Gasteiger partial charge < -0.3 is 10.1 Å². The van der Waals surface area contributed by atoms with Gasteiger partial charge in [0, 0.05) is 12.3 Å². The minimum Gasteiger partial charge on any atom is -0.484 e. The maximum absolute atomic E-state index is 11.8. The Morgan fingerprint density at radius 3 is 2.83 bits per heavy atom. The van der Waals surface area contributed by atoms with Crippen LogP contribution >= 0.6 is 23.1 Å². The van der Waals surface area contributed by atoms with E-state index in [0.717, 1.165) is 26.9 Å². The lowest BCUT2D eigenvalue weighted by Gasteiger charge is -2.09. The fraction of sp³-hybridized carbons (Fsp3) is 0.222. The molecule has 0 aliphatic rings. The smallest absolute Gasteiger partial charge is 0.257 e. The molecule has 24 heavy (non-hydrogen) atoms. The summed E-state index contributed by atoms with van der Waals surface area (Å²) in [6.45, 7) is 2.59. The van der Waals surface area contributed by atoms with Crippen LogP contribution in [-0.4, -0.2) is 29.8 Å². The molecule has 1 amide bonds. The second kappa shape index (κ2) is 8.17. The molecular formula is C18H18N2O2S2. The van der Waals surface area contributed by atoms with Gasteiger partial charge in [0.15, 0.2) is 10.9 Å². The van der Waals surface area contributed by atoms with Crippen LogP contribution in [0.1, 0.15) is 5.56 Å². The number of thiazole rings is 1. The number of fused-ring (bicyclic) bond motifs is 1. The van der Waals surface area contributed by atoms with Gasteiger partial charge in [0.2, 0.25) is 0 Å². The summed E-state index contributed by atoms with van der Waals surface area (Å²) in [4.78, 5) is 16.4. The molecule has 124 valence electrons. The van der Waals surface area contributed by atoms with Crippen molar-refractivity contribution >= 4 is 39.2 Å². The summed E-state index contributed by atoms with van der Waals surface area (Å²) in [6, 6.07) is 15.8. The number of nitrogens with zero attached hydrogens (tertiary/aromatic N) is 1. The molecule has 3 aromatic rings. The van der Waals surface area contributed by atoms with Gasteiger partial charge >= 0.3 is 0 Å². The Balaban J connectivity index is 1.38. The van der Waals surface area contributed by atoms with Crippen molar-refractivity contribution in [1.29, 1.82) is 0 Å². The van der Waals surface area contributed by atoms with Crippen LogP contribution in [0.15, 0.2) is 52.9 Å². The van der Waals surface area contributed by atoms with Crippen molar-refractivity contribution in [3.8, 4) is 5.75 Å². The summed E-state index contributed by atoms with van der Waals surface area (Å²) < 4.78 is 7.74. The predicted octanol–water partition coefficient (Wildman–Crippen LogP) is 3.89. The average Bonchev–Trinajstić information content (AvgIpc) is 3.01. The van der Waals surface area contributed by atoms with E-state index in [0.29, 0.717) is 6.54 Å². The zero-order chi connectivity index (χ0) is 16.8. The average molecular weight is 358 g/mol. The van der Waals surface area contributed by atoms with E-state index in [-0.39, 0.29) is 12.5 Å². The van der Waals surface area contributed by atoms with Crippen LogP contribution in [-0.2, 0) is 4.79 Å². The molecule has 0 spiro atoms. The maximum Gasteiger partial charge on any atom is 0.257 e. The minimum atomic E-state index is -0.108. The zero-order valence-electron chi connectivity index (χ0n) is 13.3. The molecule has 6 heteroatoms. The lowest BCUT2D eigenvalue weighted by Crippen LogP contribution is -2.30. The number of aromatic nitrogens is 1. The monoisotopic (exact) mass is 358 g/mol. The number of hydrogen-bond acceptors (Lipinski definition) is 5. The van der Waals surface area contributed by atoms with E-state index in [1.165, 1.54) is 4.70 Å². The summed E-state index contributed by atoms with van der Waals surface area (Å²) in [5, 5.41) is 2.87. The van der Waals surface area contributed by atoms with Gasteiger partial charge in [0.05, 0.1) is 10.2 Å². The molecule has 2 aromatic carbocycles. The van der Waals surface area contributed by atoms with Crippen LogP contribution in [0.2, 0.25) is 0 Å². The first kappa shape index (κ1) is 16.8. The Morgan fingerprint density at radius 1 is 1.21 bits per heavy atom. The molecule has 0 fully saturated rings. The van der Waals surface area contributed by atoms with Crippen LogP contribution in [0.4, 0.5) is 0 Å². The standard InChI is InChI=1S/C18H18N2O2S2/c1-13-6-2-4-8-15(13)22-12-17(21)19-10-11-23-18-20-14-7-3-5-9-16(14)24-18/h2-9H,10-12H2,1H3,(H,19,21). The van der Waals surface area contributed by atoms with E-state index >= 15 is 0 Å². The highest BCUT2D eigenvalue weighted by Crippen LogP contribution is 2.28. The maximum atomic E-state index is 11.8. The highest BCUT2D eigenvalue weighted by molar-refractivity contribution is 8.01. The molecule has 1 aromatic heterocycles. The van der Waals surface area contributed by atoms with E-state index < -0.39 is 0 Å². The highest BCUT2D eigenvalue weighted by atomic mass is 32.2. The van der Waals surface area contributed by atoms with Gasteiger partial charge in [0.1, 0.15) is 5.75 Å². The number of benzene rings is 2. The molecular weight excluding hydrogens is 340 g/mol. The first-order chi connectivity index (χ1) is 11.7. The summed E-state index contributed by atoms with van der Waals surface area (Å²) in [5.74, 6) is 1.43. The van der Waals surface area contributed by atoms with Crippen molar-refractivity contribution in [2.24, 2.45) is 0 Å². The summed E-state index contributed by atoms with van der Waals surface area (Å²) >= 11 is 3.34. The number of thioether (sulfide) groups is 1. The molecule has 0 atom stereocenters. The van der Waals surface area contributed by atoms with Gasteiger partial charge in [-0.05, 0) is 30.7 Å². The Morgan fingerprint density at radius 2 is 2.00 bits per heavy atom. The second-order valence-corrected chi connectivity index (χ2v) is 7.57. The molecule has 0 saturated carbocycles. The fourth-order valence-electron chi connectivity index (χ4n) is 2.15. The molecule has 1 heterocycles. The lowest BCUT2D eigenvalue weighted by atomic mass is 10.2. The number of carbonyl (C=O) groups excluding carboxylic acids is 1. The number of para-hydroxylation sites is 2. The first-order valence-electron chi connectivity index (χ1n) is 7.66. The SMILES string of the molecule is Cc1ccccc1OCC(=O)NCCSc1nc2ccccc2s1. The third kappa shape index (κ3) is 4.49. The normalized spacial score (nSPS) is 10.7. The first-order valence-corrected chi connectivity index (χ1v) is 9.46. The van der Waals surface area contributed by atoms with Crippen LogP contribution in [0, 0.1) is 6.92 Å². The molecule has 0 aliphatic carbocycles. The number of carbonyl (C=O) groups is 1. The van der Waals surface area contributed by atoms with Crippen molar-refractivity contribution < 1.29 is 9.53 Å². The highest BCUT2D eigenvalue weighted by Gasteiger charge is 2.06. The topological polar surface area (TPSA) is 51.2 Å². The third-order valence-corrected chi connectivity index (χ3v) is 5.56. The van der Waals surface area contributed by atoms with Crippen molar-refractivity contribution in [1.82, 2.24) is 10.3 Å². The molecule has 0 aliphatic heterocycles. The quantitative estimate of drug-likeness (QED) is 0.514. The van der Waals surface area contributed by atoms with Crippen LogP contribution in [0.25, 0.3) is 10.2 Å². The van der Waals surface area contributed by atoms with E-state index in [1.807, 2.05) is 49.4 Å². The largest absolute Gasteiger partial charge is 0.484 e. The Labute approximate surface area is 149 Å². The van der Waals surface area contributed by atoms with Crippen molar-refractivity contribution in [3.63, 3.8) is 0 Å². The number of nitrogens with one attached hydrogen (secondary N) is 1.